The Morgan fingerprint density at radius 1 is 1.73 bits per heavy atom. The topological polar surface area (TPSA) is 54.4 Å². The molecule has 3 nitrogen and oxygen atoms in total. The largest absolute Gasteiger partial charge is 0.344 e. The average molecular weight is 221 g/mol. The van der Waals surface area contributed by atoms with Crippen LogP contribution in [0.15, 0.2) is 0 Å². The van der Waals surface area contributed by atoms with E-state index < -0.39 is 18.5 Å². The van der Waals surface area contributed by atoms with Gasteiger partial charge in [-0.1, -0.05) is 6.92 Å². The smallest absolute Gasteiger partial charge is 0.224 e. The van der Waals surface area contributed by atoms with Crippen molar-refractivity contribution in [3.8, 4) is 0 Å². The van der Waals surface area contributed by atoms with Crippen LogP contribution in [-0.4, -0.2) is 23.0 Å². The molecule has 0 bridgehead atoms. The van der Waals surface area contributed by atoms with Gasteiger partial charge in [-0.15, -0.1) is 12.4 Å². The summed E-state index contributed by atoms with van der Waals surface area (Å²) in [6.07, 6.45) is -0.0324. The van der Waals surface area contributed by atoms with Crippen molar-refractivity contribution in [2.24, 2.45) is 5.92 Å². The molecule has 0 spiro atoms. The minimum atomic E-state index is -3.08. The maximum absolute atomic E-state index is 10.7. The fourth-order valence-corrected chi connectivity index (χ4v) is 1.95. The van der Waals surface area contributed by atoms with Crippen molar-refractivity contribution in [1.29, 1.82) is 0 Å². The Labute approximate surface area is 77.0 Å². The quantitative estimate of drug-likeness (QED) is 0.582. The minimum absolute atomic E-state index is 0. The van der Waals surface area contributed by atoms with E-state index in [-0.39, 0.29) is 18.6 Å². The van der Waals surface area contributed by atoms with E-state index in [4.69, 9.17) is 16.5 Å². The summed E-state index contributed by atoms with van der Waals surface area (Å²) in [6.45, 7) is 2.74. The molecule has 0 aromatic carbocycles. The highest BCUT2D eigenvalue weighted by molar-refractivity contribution is 7.57. The monoisotopic (exact) mass is 220 g/mol. The van der Waals surface area contributed by atoms with Gasteiger partial charge in [-0.2, -0.15) is 0 Å². The van der Waals surface area contributed by atoms with Crippen LogP contribution >= 0.6 is 31.4 Å². The first-order chi connectivity index (χ1) is 4.33. The van der Waals surface area contributed by atoms with E-state index >= 15 is 0 Å². The number of hydrogen-bond donors (Lipinski definition) is 1. The van der Waals surface area contributed by atoms with Crippen LogP contribution in [-0.2, 0) is 9.36 Å². The van der Waals surface area contributed by atoms with Crippen LogP contribution in [0.4, 0.5) is 0 Å². The fraction of sp³-hybridized carbons (Fsp3) is 0.800. The Kier molecular flexibility index (Phi) is 6.55. The molecule has 0 aliphatic rings. The molecule has 0 saturated carbocycles. The lowest BCUT2D eigenvalue weighted by molar-refractivity contribution is -0.114. The van der Waals surface area contributed by atoms with Gasteiger partial charge in [0.1, 0.15) is 0 Å². The number of hydrogen-bond acceptors (Lipinski definition) is 2. The minimum Gasteiger partial charge on any atom is -0.344 e. The van der Waals surface area contributed by atoms with Gasteiger partial charge in [-0.25, -0.2) is 0 Å². The van der Waals surface area contributed by atoms with Gasteiger partial charge in [0.15, 0.2) is 7.37 Å². The van der Waals surface area contributed by atoms with Gasteiger partial charge in [-0.05, 0) is 11.6 Å². The third kappa shape index (κ3) is 8.35. The van der Waals surface area contributed by atoms with Crippen molar-refractivity contribution in [3.05, 3.63) is 0 Å². The summed E-state index contributed by atoms with van der Waals surface area (Å²) >= 11 is 5.06. The molecule has 11 heavy (non-hydrogen) atoms. The van der Waals surface area contributed by atoms with E-state index in [1.807, 2.05) is 0 Å². The molecule has 2 atom stereocenters. The molecule has 0 aromatic heterocycles. The summed E-state index contributed by atoms with van der Waals surface area (Å²) in [4.78, 5) is 19.1. The molecule has 68 valence electrons. The lowest BCUT2D eigenvalue weighted by Crippen LogP contribution is -2.08. The first-order valence-corrected chi connectivity index (χ1v) is 5.48. The van der Waals surface area contributed by atoms with Gasteiger partial charge in [-0.3, -0.25) is 9.36 Å². The standard InChI is InChI=1S/C5H10ClO3P.ClH/c1-4(5(6)7)3-10(2,8)9;/h4H,3H2,1-2H3,(H,8,9);1H. The normalized spacial score (nSPS) is 17.8. The Morgan fingerprint density at radius 3 is 2.18 bits per heavy atom. The summed E-state index contributed by atoms with van der Waals surface area (Å²) < 4.78 is 10.7. The Bertz CT molecular complexity index is 177. The maximum Gasteiger partial charge on any atom is 0.224 e. The summed E-state index contributed by atoms with van der Waals surface area (Å²) in [5.41, 5.74) is 0. The predicted octanol–water partition coefficient (Wildman–Crippen LogP) is 1.71. The highest BCUT2D eigenvalue weighted by atomic mass is 35.5. The molecular weight excluding hydrogens is 210 g/mol. The van der Waals surface area contributed by atoms with E-state index in [0.29, 0.717) is 0 Å². The second kappa shape index (κ2) is 5.15. The third-order valence-electron chi connectivity index (χ3n) is 1.00. The van der Waals surface area contributed by atoms with Crippen LogP contribution in [0.5, 0.6) is 0 Å². The molecule has 6 heteroatoms. The molecule has 0 saturated heterocycles. The first kappa shape index (κ1) is 14.0. The van der Waals surface area contributed by atoms with Crippen LogP contribution < -0.4 is 0 Å². The molecule has 0 radical (unpaired) electrons. The second-order valence-electron chi connectivity index (χ2n) is 2.44. The predicted molar refractivity (Wildman–Crippen MR) is 47.9 cm³/mol. The van der Waals surface area contributed by atoms with Crippen LogP contribution in [0.25, 0.3) is 0 Å². The summed E-state index contributed by atoms with van der Waals surface area (Å²) in [6, 6.07) is 0. The van der Waals surface area contributed by atoms with E-state index in [9.17, 15) is 9.36 Å². The van der Waals surface area contributed by atoms with Gasteiger partial charge in [0.2, 0.25) is 5.24 Å². The van der Waals surface area contributed by atoms with Crippen LogP contribution in [0.2, 0.25) is 0 Å². The van der Waals surface area contributed by atoms with Crippen LogP contribution in [0, 0.1) is 5.92 Å². The van der Waals surface area contributed by atoms with Crippen molar-refractivity contribution < 1.29 is 14.3 Å². The highest BCUT2D eigenvalue weighted by Crippen LogP contribution is 2.37. The van der Waals surface area contributed by atoms with E-state index in [2.05, 4.69) is 0 Å². The molecule has 0 aromatic rings. The third-order valence-corrected chi connectivity index (χ3v) is 2.60. The zero-order chi connectivity index (χ0) is 8.36. The molecule has 0 fully saturated rings. The average Bonchev–Trinajstić information content (AvgIpc) is 1.60. The molecule has 0 aliphatic heterocycles. The van der Waals surface area contributed by atoms with E-state index in [1.165, 1.54) is 13.6 Å². The van der Waals surface area contributed by atoms with Crippen molar-refractivity contribution >= 4 is 36.6 Å². The maximum atomic E-state index is 10.7. The lowest BCUT2D eigenvalue weighted by Gasteiger charge is -2.07. The number of halogens is 2. The SMILES string of the molecule is CC(CP(C)(=O)O)C(=O)Cl.Cl. The van der Waals surface area contributed by atoms with Crippen molar-refractivity contribution in [1.82, 2.24) is 0 Å². The summed E-state index contributed by atoms with van der Waals surface area (Å²) in [5, 5.41) is -0.559. The van der Waals surface area contributed by atoms with E-state index in [1.54, 1.807) is 0 Å². The summed E-state index contributed by atoms with van der Waals surface area (Å²) in [5.74, 6) is -0.525. The van der Waals surface area contributed by atoms with Gasteiger partial charge >= 0.3 is 0 Å². The molecule has 0 aliphatic carbocycles. The zero-order valence-corrected chi connectivity index (χ0v) is 8.75. The zero-order valence-electron chi connectivity index (χ0n) is 6.28. The molecule has 2 unspecified atom stereocenters. The number of carbonyl (C=O) groups excluding carboxylic acids is 1. The fourth-order valence-electron chi connectivity index (χ4n) is 0.580. The van der Waals surface area contributed by atoms with E-state index in [0.717, 1.165) is 0 Å². The van der Waals surface area contributed by atoms with Crippen molar-refractivity contribution in [3.63, 3.8) is 0 Å². The first-order valence-electron chi connectivity index (χ1n) is 2.81. The van der Waals surface area contributed by atoms with Gasteiger partial charge in [0.05, 0.1) is 0 Å². The van der Waals surface area contributed by atoms with Gasteiger partial charge in [0, 0.05) is 18.7 Å². The van der Waals surface area contributed by atoms with Crippen molar-refractivity contribution in [2.75, 3.05) is 12.8 Å². The Balaban J connectivity index is 0. The molecule has 0 heterocycles. The van der Waals surface area contributed by atoms with Gasteiger partial charge in [0.25, 0.3) is 0 Å². The Morgan fingerprint density at radius 2 is 2.09 bits per heavy atom. The van der Waals surface area contributed by atoms with Crippen molar-refractivity contribution in [2.45, 2.75) is 6.92 Å². The molecular formula is C5H11Cl2O3P. The molecule has 0 rings (SSSR count). The van der Waals surface area contributed by atoms with Gasteiger partial charge < -0.3 is 4.89 Å². The Hall–Kier alpha value is 0.440. The van der Waals surface area contributed by atoms with Crippen LogP contribution in [0.1, 0.15) is 6.92 Å². The van der Waals surface area contributed by atoms with Crippen LogP contribution in [0.3, 0.4) is 0 Å². The summed E-state index contributed by atoms with van der Waals surface area (Å²) in [7, 11) is -3.08. The number of carbonyl (C=O) groups is 1. The molecule has 0 amide bonds. The highest BCUT2D eigenvalue weighted by Gasteiger charge is 2.19. The number of rotatable bonds is 3. The second-order valence-corrected chi connectivity index (χ2v) is 5.28. The molecule has 1 N–H and O–H groups in total. The lowest BCUT2D eigenvalue weighted by atomic mass is 10.2.